The molecule has 196 valence electrons. The Hall–Kier alpha value is -3.10. The highest BCUT2D eigenvalue weighted by atomic mass is 35.5. The first kappa shape index (κ1) is 26.9. The van der Waals surface area contributed by atoms with Crippen LogP contribution in [-0.4, -0.2) is 44.3 Å². The molecular weight excluding hydrogens is 510 g/mol. The Kier molecular flexibility index (Phi) is 8.39. The van der Waals surface area contributed by atoms with Crippen molar-refractivity contribution in [2.24, 2.45) is 0 Å². The van der Waals surface area contributed by atoms with Crippen LogP contribution in [0.2, 0.25) is 5.02 Å². The van der Waals surface area contributed by atoms with Gasteiger partial charge in [-0.1, -0.05) is 61.3 Å². The Balaban J connectivity index is 1.47. The summed E-state index contributed by atoms with van der Waals surface area (Å²) < 4.78 is 27.9. The number of anilines is 1. The highest BCUT2D eigenvalue weighted by Gasteiger charge is 2.35. The summed E-state index contributed by atoms with van der Waals surface area (Å²) in [5, 5.41) is 5.09. The summed E-state index contributed by atoms with van der Waals surface area (Å²) in [6, 6.07) is 17.3. The predicted molar refractivity (Wildman–Crippen MR) is 147 cm³/mol. The summed E-state index contributed by atoms with van der Waals surface area (Å²) in [5.41, 5.74) is 1.50. The van der Waals surface area contributed by atoms with Crippen molar-refractivity contribution in [2.75, 3.05) is 17.4 Å². The maximum absolute atomic E-state index is 13.4. The molecule has 4 rings (SSSR count). The molecule has 0 aliphatic carbocycles. The first-order valence-electron chi connectivity index (χ1n) is 12.6. The monoisotopic (exact) mass is 541 g/mol. The second-order valence-corrected chi connectivity index (χ2v) is 11.5. The number of unbranched alkanes of at least 4 members (excludes halogenated alkanes) is 1. The van der Waals surface area contributed by atoms with Crippen molar-refractivity contribution in [1.82, 2.24) is 10.2 Å². The molecule has 1 N–H and O–H groups in total. The fourth-order valence-electron chi connectivity index (χ4n) is 4.62. The third-order valence-corrected chi connectivity index (χ3v) is 8.80. The summed E-state index contributed by atoms with van der Waals surface area (Å²) in [4.78, 5) is 28.0. The smallest absolute Gasteiger partial charge is 0.265 e. The highest BCUT2D eigenvalue weighted by molar-refractivity contribution is 7.93. The van der Waals surface area contributed by atoms with E-state index in [0.29, 0.717) is 28.6 Å². The van der Waals surface area contributed by atoms with E-state index in [1.807, 2.05) is 37.3 Å². The molecule has 0 aromatic heterocycles. The van der Waals surface area contributed by atoms with Gasteiger partial charge >= 0.3 is 0 Å². The minimum absolute atomic E-state index is 0.110. The first-order chi connectivity index (χ1) is 17.7. The van der Waals surface area contributed by atoms with Gasteiger partial charge in [0, 0.05) is 36.5 Å². The van der Waals surface area contributed by atoms with Gasteiger partial charge < -0.3 is 10.2 Å². The van der Waals surface area contributed by atoms with Crippen molar-refractivity contribution < 1.29 is 18.0 Å². The predicted octanol–water partition coefficient (Wildman–Crippen LogP) is 5.12. The summed E-state index contributed by atoms with van der Waals surface area (Å²) in [7, 11) is -3.68. The van der Waals surface area contributed by atoms with Crippen LogP contribution in [0.5, 0.6) is 0 Å². The number of rotatable bonds is 11. The SMILES string of the molecule is CCCCNC(=O)[C@@H](C)N(Cc1ccc(Cl)cc1)C(=O)CCCN1c2cccc3cccc(c23)S1(=O)=O. The Bertz CT molecular complexity index is 1390. The molecule has 9 heteroatoms. The lowest BCUT2D eigenvalue weighted by atomic mass is 10.1. The van der Waals surface area contributed by atoms with Gasteiger partial charge in [0.15, 0.2) is 0 Å². The molecule has 3 aromatic rings. The normalized spacial score (nSPS) is 14.5. The van der Waals surface area contributed by atoms with E-state index in [0.717, 1.165) is 29.2 Å². The standard InChI is InChI=1S/C28H32ClN3O4S/c1-3-4-17-30-28(34)20(2)31(19-21-13-15-23(29)16-14-21)26(33)12-7-18-32-24-10-5-8-22-9-6-11-25(27(22)24)37(32,35)36/h5-6,8-11,13-16,20H,3-4,7,12,17-19H2,1-2H3,(H,30,34)/t20-/m1/s1. The van der Waals surface area contributed by atoms with Crippen LogP contribution < -0.4 is 9.62 Å². The Labute approximate surface area is 223 Å². The average molecular weight is 542 g/mol. The van der Waals surface area contributed by atoms with Crippen LogP contribution in [0.3, 0.4) is 0 Å². The van der Waals surface area contributed by atoms with Gasteiger partial charge in [0.25, 0.3) is 10.0 Å². The molecule has 7 nitrogen and oxygen atoms in total. The van der Waals surface area contributed by atoms with Gasteiger partial charge in [-0.15, -0.1) is 0 Å². The second kappa shape index (κ2) is 11.5. The average Bonchev–Trinajstić information content (AvgIpc) is 3.11. The van der Waals surface area contributed by atoms with E-state index in [9.17, 15) is 18.0 Å². The maximum atomic E-state index is 13.4. The fourth-order valence-corrected chi connectivity index (χ4v) is 6.50. The fraction of sp³-hybridized carbons (Fsp3) is 0.357. The molecule has 0 saturated carbocycles. The minimum atomic E-state index is -3.68. The molecule has 1 atom stereocenters. The van der Waals surface area contributed by atoms with Crippen molar-refractivity contribution in [1.29, 1.82) is 0 Å². The van der Waals surface area contributed by atoms with Crippen molar-refractivity contribution in [3.8, 4) is 0 Å². The van der Waals surface area contributed by atoms with E-state index in [-0.39, 0.29) is 31.3 Å². The van der Waals surface area contributed by atoms with Crippen LogP contribution >= 0.6 is 11.6 Å². The first-order valence-corrected chi connectivity index (χ1v) is 14.4. The zero-order valence-corrected chi connectivity index (χ0v) is 22.7. The molecule has 0 spiro atoms. The number of carbonyl (C=O) groups excluding carboxylic acids is 2. The zero-order chi connectivity index (χ0) is 26.6. The van der Waals surface area contributed by atoms with E-state index in [2.05, 4.69) is 5.32 Å². The number of nitrogens with zero attached hydrogens (tertiary/aromatic N) is 2. The summed E-state index contributed by atoms with van der Waals surface area (Å²) in [6.45, 7) is 4.75. The lowest BCUT2D eigenvalue weighted by Crippen LogP contribution is -2.47. The number of benzene rings is 3. The molecule has 0 unspecified atom stereocenters. The van der Waals surface area contributed by atoms with E-state index in [1.165, 1.54) is 4.31 Å². The second-order valence-electron chi connectivity index (χ2n) is 9.28. The molecule has 37 heavy (non-hydrogen) atoms. The van der Waals surface area contributed by atoms with Gasteiger partial charge in [-0.2, -0.15) is 0 Å². The molecule has 0 radical (unpaired) electrons. The lowest BCUT2D eigenvalue weighted by Gasteiger charge is -2.29. The third kappa shape index (κ3) is 5.75. The Morgan fingerprint density at radius 1 is 1.03 bits per heavy atom. The highest BCUT2D eigenvalue weighted by Crippen LogP contribution is 2.42. The van der Waals surface area contributed by atoms with Crippen LogP contribution in [-0.2, 0) is 26.2 Å². The van der Waals surface area contributed by atoms with E-state index < -0.39 is 16.1 Å². The summed E-state index contributed by atoms with van der Waals surface area (Å²) in [6.07, 6.45) is 2.25. The molecule has 1 aliphatic heterocycles. The number of hydrogen-bond acceptors (Lipinski definition) is 4. The Morgan fingerprint density at radius 2 is 1.73 bits per heavy atom. The number of carbonyl (C=O) groups is 2. The lowest BCUT2D eigenvalue weighted by molar-refractivity contribution is -0.140. The van der Waals surface area contributed by atoms with Gasteiger partial charge in [-0.25, -0.2) is 8.42 Å². The van der Waals surface area contributed by atoms with Crippen LogP contribution in [0, 0.1) is 0 Å². The molecule has 0 fully saturated rings. The third-order valence-electron chi connectivity index (χ3n) is 6.70. The maximum Gasteiger partial charge on any atom is 0.265 e. The van der Waals surface area contributed by atoms with Gasteiger partial charge in [0.2, 0.25) is 11.8 Å². The van der Waals surface area contributed by atoms with Crippen LogP contribution in [0.25, 0.3) is 10.8 Å². The number of amides is 2. The molecule has 1 heterocycles. The Morgan fingerprint density at radius 3 is 2.43 bits per heavy atom. The van der Waals surface area contributed by atoms with Crippen LogP contribution in [0.1, 0.15) is 45.1 Å². The summed E-state index contributed by atoms with van der Waals surface area (Å²) >= 11 is 6.01. The number of sulfonamides is 1. The molecular formula is C28H32ClN3O4S. The molecule has 2 amide bonds. The molecule has 1 aliphatic rings. The number of nitrogens with one attached hydrogen (secondary N) is 1. The quantitative estimate of drug-likeness (QED) is 0.341. The van der Waals surface area contributed by atoms with Crippen LogP contribution in [0.15, 0.2) is 65.6 Å². The van der Waals surface area contributed by atoms with Gasteiger partial charge in [0.1, 0.15) is 6.04 Å². The van der Waals surface area contributed by atoms with Gasteiger partial charge in [0.05, 0.1) is 10.6 Å². The zero-order valence-electron chi connectivity index (χ0n) is 21.1. The van der Waals surface area contributed by atoms with Crippen molar-refractivity contribution in [3.05, 3.63) is 71.2 Å². The number of halogens is 1. The minimum Gasteiger partial charge on any atom is -0.354 e. The van der Waals surface area contributed by atoms with Crippen molar-refractivity contribution >= 4 is 49.9 Å². The summed E-state index contributed by atoms with van der Waals surface area (Å²) in [5.74, 6) is -0.416. The molecule has 3 aromatic carbocycles. The number of hydrogen-bond donors (Lipinski definition) is 1. The topological polar surface area (TPSA) is 86.8 Å². The van der Waals surface area contributed by atoms with Crippen molar-refractivity contribution in [2.45, 2.75) is 57.0 Å². The van der Waals surface area contributed by atoms with Crippen LogP contribution in [0.4, 0.5) is 5.69 Å². The molecule has 0 bridgehead atoms. The largest absolute Gasteiger partial charge is 0.354 e. The van der Waals surface area contributed by atoms with Crippen molar-refractivity contribution in [3.63, 3.8) is 0 Å². The van der Waals surface area contributed by atoms with Gasteiger partial charge in [-0.05, 0) is 55.0 Å². The van der Waals surface area contributed by atoms with Gasteiger partial charge in [-0.3, -0.25) is 13.9 Å². The van der Waals surface area contributed by atoms with E-state index in [1.54, 1.807) is 42.2 Å². The van der Waals surface area contributed by atoms with E-state index >= 15 is 0 Å². The molecule has 0 saturated heterocycles. The van der Waals surface area contributed by atoms with E-state index in [4.69, 9.17) is 11.6 Å².